The fourth-order valence-corrected chi connectivity index (χ4v) is 2.84. The lowest BCUT2D eigenvalue weighted by molar-refractivity contribution is 0.113. The van der Waals surface area contributed by atoms with Crippen molar-refractivity contribution in [1.29, 1.82) is 0 Å². The van der Waals surface area contributed by atoms with Gasteiger partial charge in [-0.3, -0.25) is 0 Å². The molecule has 1 aromatic rings. The molecule has 2 atom stereocenters. The zero-order chi connectivity index (χ0) is 9.97. The first-order chi connectivity index (χ1) is 6.75. The highest BCUT2D eigenvalue weighted by atomic mass is 79.9. The molecule has 3 nitrogen and oxygen atoms in total. The lowest BCUT2D eigenvalue weighted by Gasteiger charge is -2.14. The molecule has 0 radical (unpaired) electrons. The Bertz CT molecular complexity index is 305. The van der Waals surface area contributed by atoms with Crippen molar-refractivity contribution in [3.63, 3.8) is 0 Å². The maximum Gasteiger partial charge on any atom is 0.107 e. The van der Waals surface area contributed by atoms with Crippen LogP contribution in [0.4, 0.5) is 0 Å². The van der Waals surface area contributed by atoms with Gasteiger partial charge in [0.25, 0.3) is 0 Å². The van der Waals surface area contributed by atoms with Crippen LogP contribution in [-0.4, -0.2) is 23.7 Å². The number of hydrogen-bond donors (Lipinski definition) is 1. The molecular weight excluding hydrogens is 264 g/mol. The van der Waals surface area contributed by atoms with Gasteiger partial charge >= 0.3 is 0 Å². The lowest BCUT2D eigenvalue weighted by Crippen LogP contribution is -2.34. The first-order valence-electron chi connectivity index (χ1n) is 4.71. The summed E-state index contributed by atoms with van der Waals surface area (Å²) >= 11 is 5.08. The molecule has 0 saturated carbocycles. The van der Waals surface area contributed by atoms with E-state index < -0.39 is 0 Å². The van der Waals surface area contributed by atoms with Gasteiger partial charge in [-0.1, -0.05) is 0 Å². The van der Waals surface area contributed by atoms with Crippen molar-refractivity contribution in [2.24, 2.45) is 0 Å². The number of nitrogens with zero attached hydrogens (tertiary/aromatic N) is 1. The summed E-state index contributed by atoms with van der Waals surface area (Å²) in [4.78, 5) is 4.27. The van der Waals surface area contributed by atoms with E-state index >= 15 is 0 Å². The second-order valence-electron chi connectivity index (χ2n) is 3.41. The van der Waals surface area contributed by atoms with E-state index in [0.717, 1.165) is 28.4 Å². The Morgan fingerprint density at radius 3 is 3.21 bits per heavy atom. The monoisotopic (exact) mass is 276 g/mol. The van der Waals surface area contributed by atoms with E-state index in [1.807, 2.05) is 6.20 Å². The summed E-state index contributed by atoms with van der Waals surface area (Å²) in [5, 5.41) is 4.58. The van der Waals surface area contributed by atoms with Crippen LogP contribution in [0.1, 0.15) is 18.4 Å². The van der Waals surface area contributed by atoms with Crippen LogP contribution in [0, 0.1) is 0 Å². The van der Waals surface area contributed by atoms with Gasteiger partial charge in [-0.2, -0.15) is 0 Å². The van der Waals surface area contributed by atoms with Gasteiger partial charge in [0, 0.05) is 19.2 Å². The van der Waals surface area contributed by atoms with E-state index in [1.54, 1.807) is 11.3 Å². The van der Waals surface area contributed by atoms with Gasteiger partial charge in [-0.05, 0) is 29.3 Å². The van der Waals surface area contributed by atoms with Gasteiger partial charge in [0.05, 0.1) is 16.1 Å². The predicted molar refractivity (Wildman–Crippen MR) is 60.5 cm³/mol. The summed E-state index contributed by atoms with van der Waals surface area (Å²) < 4.78 is 6.56. The predicted octanol–water partition coefficient (Wildman–Crippen LogP) is 2.17. The summed E-state index contributed by atoms with van der Waals surface area (Å²) in [7, 11) is 0. The number of thiazole rings is 1. The summed E-state index contributed by atoms with van der Waals surface area (Å²) in [5.74, 6) is 0. The van der Waals surface area contributed by atoms with Crippen LogP contribution in [0.5, 0.6) is 0 Å². The minimum Gasteiger partial charge on any atom is -0.377 e. The largest absolute Gasteiger partial charge is 0.377 e. The van der Waals surface area contributed by atoms with Gasteiger partial charge < -0.3 is 10.1 Å². The van der Waals surface area contributed by atoms with Gasteiger partial charge in [0.2, 0.25) is 0 Å². The Morgan fingerprint density at radius 1 is 1.79 bits per heavy atom. The van der Waals surface area contributed by atoms with Crippen LogP contribution >= 0.6 is 27.3 Å². The molecule has 1 aliphatic rings. The number of hydrogen-bond acceptors (Lipinski definition) is 4. The highest BCUT2D eigenvalue weighted by Crippen LogP contribution is 2.19. The molecule has 2 heterocycles. The van der Waals surface area contributed by atoms with Crippen LogP contribution in [0.3, 0.4) is 0 Å². The van der Waals surface area contributed by atoms with Crippen molar-refractivity contribution in [3.05, 3.63) is 15.0 Å². The minimum absolute atomic E-state index is 0.332. The third-order valence-electron chi connectivity index (χ3n) is 2.42. The molecule has 0 spiro atoms. The van der Waals surface area contributed by atoms with Crippen LogP contribution in [0.15, 0.2) is 9.98 Å². The fourth-order valence-electron chi connectivity index (χ4n) is 1.59. The second kappa shape index (κ2) is 4.70. The van der Waals surface area contributed by atoms with Gasteiger partial charge in [0.1, 0.15) is 5.01 Å². The summed E-state index contributed by atoms with van der Waals surface area (Å²) in [6.45, 7) is 3.83. The molecule has 0 bridgehead atoms. The molecule has 0 amide bonds. The molecule has 1 aromatic heterocycles. The summed E-state index contributed by atoms with van der Waals surface area (Å²) in [5.41, 5.74) is 0. The summed E-state index contributed by atoms with van der Waals surface area (Å²) in [6, 6.07) is 0.484. The van der Waals surface area contributed by atoms with Gasteiger partial charge in [-0.15, -0.1) is 11.3 Å². The topological polar surface area (TPSA) is 34.1 Å². The normalized spacial score (nSPS) is 27.0. The molecule has 1 N–H and O–H groups in total. The van der Waals surface area contributed by atoms with Crippen LogP contribution < -0.4 is 5.32 Å². The smallest absolute Gasteiger partial charge is 0.107 e. The third kappa shape index (κ3) is 2.53. The number of rotatable bonds is 3. The zero-order valence-corrected chi connectivity index (χ0v) is 10.4. The summed E-state index contributed by atoms with van der Waals surface area (Å²) in [6.07, 6.45) is 3.28. The Morgan fingerprint density at radius 2 is 2.64 bits per heavy atom. The molecule has 2 rings (SSSR count). The molecule has 5 heteroatoms. The zero-order valence-electron chi connectivity index (χ0n) is 8.00. The first-order valence-corrected chi connectivity index (χ1v) is 6.32. The molecular formula is C9H13BrN2OS. The first kappa shape index (κ1) is 10.5. The number of nitrogens with one attached hydrogen (secondary N) is 1. The van der Waals surface area contributed by atoms with Gasteiger partial charge in [-0.25, -0.2) is 4.98 Å². The molecule has 0 aromatic carbocycles. The van der Waals surface area contributed by atoms with E-state index in [0.29, 0.717) is 12.1 Å². The Labute approximate surface area is 96.0 Å². The number of halogens is 1. The molecule has 14 heavy (non-hydrogen) atoms. The van der Waals surface area contributed by atoms with E-state index in [4.69, 9.17) is 4.74 Å². The van der Waals surface area contributed by atoms with E-state index in [9.17, 15) is 0 Å². The molecule has 1 aliphatic heterocycles. The van der Waals surface area contributed by atoms with Crippen molar-refractivity contribution in [2.45, 2.75) is 32.0 Å². The van der Waals surface area contributed by atoms with Crippen molar-refractivity contribution < 1.29 is 4.74 Å². The minimum atomic E-state index is 0.332. The Hall–Kier alpha value is 0.0300. The maximum absolute atomic E-state index is 5.47. The standard InChI is InChI=1S/C9H13BrN2OS/c1-6-7(2-3-13-6)11-5-9-12-4-8(10)14-9/h4,6-7,11H,2-3,5H2,1H3. The quantitative estimate of drug-likeness (QED) is 0.919. The highest BCUT2D eigenvalue weighted by molar-refractivity contribution is 9.11. The van der Waals surface area contributed by atoms with Crippen molar-refractivity contribution in [1.82, 2.24) is 10.3 Å². The SMILES string of the molecule is CC1OCCC1NCc1ncc(Br)s1. The van der Waals surface area contributed by atoms with E-state index in [-0.39, 0.29) is 0 Å². The van der Waals surface area contributed by atoms with Crippen LogP contribution in [0.2, 0.25) is 0 Å². The fraction of sp³-hybridized carbons (Fsp3) is 0.667. The maximum atomic E-state index is 5.47. The molecule has 78 valence electrons. The molecule has 2 unspecified atom stereocenters. The van der Waals surface area contributed by atoms with E-state index in [1.165, 1.54) is 0 Å². The number of ether oxygens (including phenoxy) is 1. The molecule has 0 aliphatic carbocycles. The lowest BCUT2D eigenvalue weighted by atomic mass is 10.1. The second-order valence-corrected chi connectivity index (χ2v) is 5.90. The molecule has 1 fully saturated rings. The Balaban J connectivity index is 1.82. The van der Waals surface area contributed by atoms with Crippen molar-refractivity contribution in [3.8, 4) is 0 Å². The van der Waals surface area contributed by atoms with Crippen molar-refractivity contribution in [2.75, 3.05) is 6.61 Å². The van der Waals surface area contributed by atoms with Crippen molar-refractivity contribution >= 4 is 27.3 Å². The van der Waals surface area contributed by atoms with Crippen LogP contribution in [0.25, 0.3) is 0 Å². The highest BCUT2D eigenvalue weighted by Gasteiger charge is 2.23. The Kier molecular flexibility index (Phi) is 3.54. The van der Waals surface area contributed by atoms with Gasteiger partial charge in [0.15, 0.2) is 0 Å². The third-order valence-corrected chi connectivity index (χ3v) is 3.89. The average molecular weight is 277 g/mol. The molecule has 1 saturated heterocycles. The number of aromatic nitrogens is 1. The van der Waals surface area contributed by atoms with E-state index in [2.05, 4.69) is 33.2 Å². The van der Waals surface area contributed by atoms with Crippen LogP contribution in [-0.2, 0) is 11.3 Å². The average Bonchev–Trinajstić information content (AvgIpc) is 2.72.